The maximum Gasteiger partial charge on any atom is 0.336 e. The summed E-state index contributed by atoms with van der Waals surface area (Å²) < 4.78 is 11.7. The summed E-state index contributed by atoms with van der Waals surface area (Å²) in [6, 6.07) is 11.5. The topological polar surface area (TPSA) is 78.3 Å². The summed E-state index contributed by atoms with van der Waals surface area (Å²) in [5.41, 5.74) is 1.42. The summed E-state index contributed by atoms with van der Waals surface area (Å²) in [5, 5.41) is 9.11. The van der Waals surface area contributed by atoms with Crippen LogP contribution in [0.5, 0.6) is 6.01 Å². The first kappa shape index (κ1) is 16.2. The molecule has 0 radical (unpaired) electrons. The number of hydrogen-bond acceptors (Lipinski definition) is 6. The Kier molecular flexibility index (Phi) is 4.88. The lowest BCUT2D eigenvalue weighted by molar-refractivity contribution is -0.119. The second kappa shape index (κ2) is 7.24. The van der Waals surface area contributed by atoms with Gasteiger partial charge in [-0.05, 0) is 29.6 Å². The number of ether oxygens (including phenoxy) is 2. The zero-order valence-electron chi connectivity index (χ0n) is 13.2. The first-order valence-electron chi connectivity index (χ1n) is 7.15. The Morgan fingerprint density at radius 1 is 1.29 bits per heavy atom. The Balaban J connectivity index is 1.97. The van der Waals surface area contributed by atoms with E-state index in [0.717, 1.165) is 10.6 Å². The molecule has 124 valence electrons. The predicted octanol–water partition coefficient (Wildman–Crippen LogP) is 2.59. The number of nitrogens with one attached hydrogen (secondary N) is 1. The third-order valence-corrected chi connectivity index (χ3v) is 4.03. The van der Waals surface area contributed by atoms with Crippen LogP contribution in [-0.2, 0) is 9.53 Å². The Bertz CT molecular complexity index is 830. The predicted molar refractivity (Wildman–Crippen MR) is 91.7 cm³/mol. The number of thiophene rings is 1. The van der Waals surface area contributed by atoms with Crippen molar-refractivity contribution < 1.29 is 14.3 Å². The number of amides is 1. The molecule has 0 bridgehead atoms. The maximum atomic E-state index is 11.7. The molecule has 1 aromatic carbocycles. The van der Waals surface area contributed by atoms with Crippen LogP contribution in [0, 0.1) is 0 Å². The smallest absolute Gasteiger partial charge is 0.336 e. The van der Waals surface area contributed by atoms with E-state index >= 15 is 0 Å². The van der Waals surface area contributed by atoms with Crippen molar-refractivity contribution in [1.82, 2.24) is 14.8 Å². The Labute approximate surface area is 142 Å². The van der Waals surface area contributed by atoms with Gasteiger partial charge in [-0.2, -0.15) is 4.98 Å². The van der Waals surface area contributed by atoms with Crippen LogP contribution in [0.1, 0.15) is 0 Å². The zero-order valence-corrected chi connectivity index (χ0v) is 14.0. The number of rotatable bonds is 6. The standard InChI is InChI=1S/C16H16N4O3S/c1-22-10-14(21)17-11-5-3-6-12(9-11)20-15(13-7-4-8-24-13)18-16(19-20)23-2/h3-9H,10H2,1-2H3,(H,17,21). The van der Waals surface area contributed by atoms with Crippen molar-refractivity contribution in [3.8, 4) is 22.4 Å². The number of benzene rings is 1. The van der Waals surface area contributed by atoms with E-state index in [1.54, 1.807) is 22.1 Å². The van der Waals surface area contributed by atoms with Crippen LogP contribution in [0.3, 0.4) is 0 Å². The molecule has 0 atom stereocenters. The molecule has 2 heterocycles. The van der Waals surface area contributed by atoms with Crippen molar-refractivity contribution in [2.75, 3.05) is 26.1 Å². The van der Waals surface area contributed by atoms with Crippen LogP contribution in [0.4, 0.5) is 5.69 Å². The molecule has 0 aliphatic carbocycles. The van der Waals surface area contributed by atoms with Gasteiger partial charge in [0.25, 0.3) is 0 Å². The minimum absolute atomic E-state index is 0.00181. The Morgan fingerprint density at radius 2 is 2.17 bits per heavy atom. The number of anilines is 1. The lowest BCUT2D eigenvalue weighted by atomic mass is 10.2. The van der Waals surface area contributed by atoms with Gasteiger partial charge in [-0.15, -0.1) is 16.4 Å². The molecule has 1 amide bonds. The molecule has 2 aromatic heterocycles. The van der Waals surface area contributed by atoms with Crippen LogP contribution in [-0.4, -0.2) is 41.5 Å². The molecule has 3 aromatic rings. The molecule has 3 rings (SSSR count). The minimum atomic E-state index is -0.218. The van der Waals surface area contributed by atoms with Crippen LogP contribution >= 0.6 is 11.3 Å². The van der Waals surface area contributed by atoms with Gasteiger partial charge in [0, 0.05) is 12.8 Å². The zero-order chi connectivity index (χ0) is 16.9. The molecule has 0 fully saturated rings. The van der Waals surface area contributed by atoms with Crippen LogP contribution in [0.15, 0.2) is 41.8 Å². The first-order valence-corrected chi connectivity index (χ1v) is 8.03. The van der Waals surface area contributed by atoms with Gasteiger partial charge < -0.3 is 14.8 Å². The molecule has 24 heavy (non-hydrogen) atoms. The highest BCUT2D eigenvalue weighted by Crippen LogP contribution is 2.27. The van der Waals surface area contributed by atoms with Gasteiger partial charge >= 0.3 is 6.01 Å². The largest absolute Gasteiger partial charge is 0.466 e. The van der Waals surface area contributed by atoms with Crippen molar-refractivity contribution in [1.29, 1.82) is 0 Å². The van der Waals surface area contributed by atoms with Gasteiger partial charge in [0.15, 0.2) is 5.82 Å². The van der Waals surface area contributed by atoms with Gasteiger partial charge in [-0.25, -0.2) is 4.68 Å². The van der Waals surface area contributed by atoms with Gasteiger partial charge in [-0.3, -0.25) is 4.79 Å². The summed E-state index contributed by atoms with van der Waals surface area (Å²) in [6.07, 6.45) is 0. The van der Waals surface area contributed by atoms with Crippen LogP contribution < -0.4 is 10.1 Å². The number of methoxy groups -OCH3 is 2. The van der Waals surface area contributed by atoms with E-state index in [1.807, 2.05) is 35.7 Å². The first-order chi connectivity index (χ1) is 11.7. The highest BCUT2D eigenvalue weighted by atomic mass is 32.1. The van der Waals surface area contributed by atoms with E-state index in [1.165, 1.54) is 14.2 Å². The molecule has 7 nitrogen and oxygen atoms in total. The minimum Gasteiger partial charge on any atom is -0.466 e. The average molecular weight is 344 g/mol. The van der Waals surface area contributed by atoms with Gasteiger partial charge in [0.2, 0.25) is 5.91 Å². The van der Waals surface area contributed by atoms with E-state index in [2.05, 4.69) is 15.4 Å². The van der Waals surface area contributed by atoms with E-state index in [9.17, 15) is 4.79 Å². The van der Waals surface area contributed by atoms with Crippen LogP contribution in [0.25, 0.3) is 16.4 Å². The number of nitrogens with zero attached hydrogens (tertiary/aromatic N) is 3. The fourth-order valence-electron chi connectivity index (χ4n) is 2.17. The lowest BCUT2D eigenvalue weighted by Gasteiger charge is -2.08. The number of carbonyl (C=O) groups excluding carboxylic acids is 1. The molecule has 0 saturated carbocycles. The molecule has 0 unspecified atom stereocenters. The van der Waals surface area contributed by atoms with Gasteiger partial charge in [-0.1, -0.05) is 12.1 Å². The van der Waals surface area contributed by atoms with Crippen molar-refractivity contribution >= 4 is 22.9 Å². The van der Waals surface area contributed by atoms with Crippen LogP contribution in [0.2, 0.25) is 0 Å². The molecule has 0 saturated heterocycles. The number of carbonyl (C=O) groups is 1. The number of aromatic nitrogens is 3. The Morgan fingerprint density at radius 3 is 2.88 bits per heavy atom. The Hall–Kier alpha value is -2.71. The summed E-state index contributed by atoms with van der Waals surface area (Å²) in [5.74, 6) is 0.464. The summed E-state index contributed by atoms with van der Waals surface area (Å²) >= 11 is 1.56. The molecular formula is C16H16N4O3S. The highest BCUT2D eigenvalue weighted by Gasteiger charge is 2.15. The average Bonchev–Trinajstić information content (AvgIpc) is 3.24. The monoisotopic (exact) mass is 344 g/mol. The fourth-order valence-corrected chi connectivity index (χ4v) is 2.87. The van der Waals surface area contributed by atoms with Crippen molar-refractivity contribution in [3.63, 3.8) is 0 Å². The van der Waals surface area contributed by atoms with Crippen molar-refractivity contribution in [3.05, 3.63) is 41.8 Å². The quantitative estimate of drug-likeness (QED) is 0.744. The molecular weight excluding hydrogens is 328 g/mol. The number of hydrogen-bond donors (Lipinski definition) is 1. The normalized spacial score (nSPS) is 10.6. The molecule has 8 heteroatoms. The van der Waals surface area contributed by atoms with E-state index in [0.29, 0.717) is 11.5 Å². The molecule has 0 aliphatic rings. The third-order valence-electron chi connectivity index (χ3n) is 3.16. The van der Waals surface area contributed by atoms with Gasteiger partial charge in [0.05, 0.1) is 17.7 Å². The van der Waals surface area contributed by atoms with E-state index in [-0.39, 0.29) is 18.5 Å². The highest BCUT2D eigenvalue weighted by molar-refractivity contribution is 7.13. The second-order valence-corrected chi connectivity index (χ2v) is 5.79. The van der Waals surface area contributed by atoms with E-state index in [4.69, 9.17) is 9.47 Å². The lowest BCUT2D eigenvalue weighted by Crippen LogP contribution is -2.17. The summed E-state index contributed by atoms with van der Waals surface area (Å²) in [6.45, 7) is 0.00181. The maximum absolute atomic E-state index is 11.7. The molecule has 0 aliphatic heterocycles. The fraction of sp³-hybridized carbons (Fsp3) is 0.188. The van der Waals surface area contributed by atoms with Crippen molar-refractivity contribution in [2.45, 2.75) is 0 Å². The van der Waals surface area contributed by atoms with E-state index < -0.39 is 0 Å². The summed E-state index contributed by atoms with van der Waals surface area (Å²) in [4.78, 5) is 17.0. The molecule has 0 spiro atoms. The second-order valence-electron chi connectivity index (χ2n) is 4.84. The third kappa shape index (κ3) is 3.44. The summed E-state index contributed by atoms with van der Waals surface area (Å²) in [7, 11) is 3.00. The SMILES string of the molecule is COCC(=O)Nc1cccc(-n2nc(OC)nc2-c2cccs2)c1. The van der Waals surface area contributed by atoms with Crippen molar-refractivity contribution in [2.24, 2.45) is 0 Å². The van der Waals surface area contributed by atoms with Gasteiger partial charge in [0.1, 0.15) is 6.61 Å². The molecule has 1 N–H and O–H groups in total.